The zero-order valence-electron chi connectivity index (χ0n) is 18.9. The van der Waals surface area contributed by atoms with Crippen LogP contribution in [0.1, 0.15) is 64.5 Å². The van der Waals surface area contributed by atoms with Gasteiger partial charge in [-0.1, -0.05) is 31.2 Å². The third-order valence-electron chi connectivity index (χ3n) is 5.96. The summed E-state index contributed by atoms with van der Waals surface area (Å²) in [6.45, 7) is 12.2. The highest BCUT2D eigenvalue weighted by Crippen LogP contribution is 2.21. The molecule has 0 bridgehead atoms. The minimum atomic E-state index is -0.561. The van der Waals surface area contributed by atoms with Crippen LogP contribution in [-0.4, -0.2) is 53.1 Å². The Hall–Kier alpha value is -2.08. The first kappa shape index (κ1) is 22.6. The average molecular weight is 416 g/mol. The number of rotatable bonds is 5. The van der Waals surface area contributed by atoms with E-state index in [4.69, 9.17) is 4.74 Å². The first-order chi connectivity index (χ1) is 14.2. The molecule has 2 aliphatic heterocycles. The maximum absolute atomic E-state index is 12.7. The number of piperidine rings is 1. The van der Waals surface area contributed by atoms with Crippen LogP contribution >= 0.6 is 0 Å². The molecule has 1 atom stereocenters. The third-order valence-corrected chi connectivity index (χ3v) is 5.96. The van der Waals surface area contributed by atoms with Crippen molar-refractivity contribution in [3.63, 3.8) is 0 Å². The largest absolute Gasteiger partial charge is 0.444 e. The number of nitrogens with zero attached hydrogens (tertiary/aromatic N) is 2. The third kappa shape index (κ3) is 6.46. The Labute approximate surface area is 180 Å². The van der Waals surface area contributed by atoms with Gasteiger partial charge in [0.25, 0.3) is 0 Å². The first-order valence-corrected chi connectivity index (χ1v) is 11.3. The smallest absolute Gasteiger partial charge is 0.410 e. The van der Waals surface area contributed by atoms with Gasteiger partial charge in [-0.15, -0.1) is 0 Å². The maximum Gasteiger partial charge on any atom is 0.410 e. The minimum Gasteiger partial charge on any atom is -0.444 e. The number of carbonyl (C=O) groups is 2. The number of carbonyl (C=O) groups excluding carboxylic acids is 2. The van der Waals surface area contributed by atoms with Crippen LogP contribution in [0.3, 0.4) is 0 Å². The number of hydrogen-bond donors (Lipinski definition) is 1. The summed E-state index contributed by atoms with van der Waals surface area (Å²) in [5.74, 6) is 0.739. The molecule has 2 saturated heterocycles. The minimum absolute atomic E-state index is 0.107. The molecule has 1 aromatic carbocycles. The lowest BCUT2D eigenvalue weighted by Gasteiger charge is -2.30. The van der Waals surface area contributed by atoms with Crippen molar-refractivity contribution in [2.75, 3.05) is 19.6 Å². The lowest BCUT2D eigenvalue weighted by Crippen LogP contribution is -2.47. The highest BCUT2D eigenvalue weighted by Gasteiger charge is 2.36. The van der Waals surface area contributed by atoms with E-state index < -0.39 is 17.7 Å². The van der Waals surface area contributed by atoms with E-state index in [0.29, 0.717) is 19.5 Å². The lowest BCUT2D eigenvalue weighted by atomic mass is 9.99. The number of likely N-dealkylation sites (tertiary alicyclic amines) is 2. The van der Waals surface area contributed by atoms with Crippen LogP contribution in [0.5, 0.6) is 0 Å². The lowest BCUT2D eigenvalue weighted by molar-refractivity contribution is -0.125. The van der Waals surface area contributed by atoms with E-state index in [9.17, 15) is 9.59 Å². The summed E-state index contributed by atoms with van der Waals surface area (Å²) in [7, 11) is 0. The Morgan fingerprint density at radius 1 is 1.03 bits per heavy atom. The molecule has 0 radical (unpaired) electrons. The molecule has 1 aromatic rings. The van der Waals surface area contributed by atoms with Gasteiger partial charge in [-0.3, -0.25) is 14.6 Å². The van der Waals surface area contributed by atoms with Gasteiger partial charge in [-0.05, 0) is 76.6 Å². The summed E-state index contributed by atoms with van der Waals surface area (Å²) in [6.07, 6.45) is 3.66. The molecule has 2 fully saturated rings. The molecular formula is C24H37N3O3. The molecule has 166 valence electrons. The summed E-state index contributed by atoms with van der Waals surface area (Å²) in [4.78, 5) is 29.2. The summed E-state index contributed by atoms with van der Waals surface area (Å²) in [5.41, 5.74) is 1.82. The monoisotopic (exact) mass is 415 g/mol. The SMILES string of the molecule is CC1CCN(Cc2ccc(CNC(=O)[C@H]3CCCN3C(=O)OC(C)(C)C)cc2)CC1. The van der Waals surface area contributed by atoms with E-state index in [0.717, 1.165) is 24.4 Å². The molecule has 2 aliphatic rings. The predicted octanol–water partition coefficient (Wildman–Crippen LogP) is 3.93. The Balaban J connectivity index is 1.47. The molecule has 0 spiro atoms. The molecule has 0 saturated carbocycles. The molecule has 6 nitrogen and oxygen atoms in total. The molecule has 3 rings (SSSR count). The molecule has 6 heteroatoms. The topological polar surface area (TPSA) is 61.9 Å². The standard InChI is InChI=1S/C24H37N3O3/c1-18-11-14-26(15-12-18)17-20-9-7-19(8-10-20)16-25-22(28)21-6-5-13-27(21)23(29)30-24(2,3)4/h7-10,18,21H,5-6,11-17H2,1-4H3,(H,25,28)/t21-/m1/s1. The summed E-state index contributed by atoms with van der Waals surface area (Å²) >= 11 is 0. The van der Waals surface area contributed by atoms with Gasteiger partial charge in [0, 0.05) is 19.6 Å². The van der Waals surface area contributed by atoms with Crippen LogP contribution in [-0.2, 0) is 22.6 Å². The normalized spacial score (nSPS) is 20.9. The Kier molecular flexibility index (Phi) is 7.40. The predicted molar refractivity (Wildman–Crippen MR) is 118 cm³/mol. The molecular weight excluding hydrogens is 378 g/mol. The van der Waals surface area contributed by atoms with Gasteiger partial charge in [-0.25, -0.2) is 4.79 Å². The molecule has 2 heterocycles. The van der Waals surface area contributed by atoms with E-state index in [1.54, 1.807) is 4.90 Å². The van der Waals surface area contributed by atoms with Crippen LogP contribution in [0.15, 0.2) is 24.3 Å². The molecule has 0 aliphatic carbocycles. The number of nitrogens with one attached hydrogen (secondary N) is 1. The van der Waals surface area contributed by atoms with Gasteiger partial charge >= 0.3 is 6.09 Å². The van der Waals surface area contributed by atoms with Crippen LogP contribution < -0.4 is 5.32 Å². The fourth-order valence-corrected chi connectivity index (χ4v) is 4.13. The molecule has 2 amide bonds. The summed E-state index contributed by atoms with van der Waals surface area (Å²) < 4.78 is 5.45. The van der Waals surface area contributed by atoms with Crippen LogP contribution in [0, 0.1) is 5.92 Å². The van der Waals surface area contributed by atoms with Crippen molar-refractivity contribution >= 4 is 12.0 Å². The highest BCUT2D eigenvalue weighted by atomic mass is 16.6. The molecule has 0 aromatic heterocycles. The van der Waals surface area contributed by atoms with Crippen LogP contribution in [0.4, 0.5) is 4.79 Å². The number of hydrogen-bond acceptors (Lipinski definition) is 4. The fourth-order valence-electron chi connectivity index (χ4n) is 4.13. The molecule has 0 unspecified atom stereocenters. The van der Waals surface area contributed by atoms with Crippen molar-refractivity contribution in [1.29, 1.82) is 0 Å². The zero-order valence-corrected chi connectivity index (χ0v) is 18.9. The van der Waals surface area contributed by atoms with Gasteiger partial charge in [0.1, 0.15) is 11.6 Å². The first-order valence-electron chi connectivity index (χ1n) is 11.3. The van der Waals surface area contributed by atoms with Crippen molar-refractivity contribution < 1.29 is 14.3 Å². The van der Waals surface area contributed by atoms with Gasteiger partial charge in [0.2, 0.25) is 5.91 Å². The van der Waals surface area contributed by atoms with Gasteiger partial charge in [0.15, 0.2) is 0 Å². The summed E-state index contributed by atoms with van der Waals surface area (Å²) in [6, 6.07) is 8.04. The van der Waals surface area contributed by atoms with Crippen molar-refractivity contribution in [3.05, 3.63) is 35.4 Å². The Bertz CT molecular complexity index is 718. The maximum atomic E-state index is 12.7. The average Bonchev–Trinajstić information content (AvgIpc) is 3.18. The zero-order chi connectivity index (χ0) is 21.7. The number of ether oxygens (including phenoxy) is 1. The summed E-state index contributed by atoms with van der Waals surface area (Å²) in [5, 5.41) is 3.00. The number of benzene rings is 1. The van der Waals surface area contributed by atoms with Crippen LogP contribution in [0.2, 0.25) is 0 Å². The van der Waals surface area contributed by atoms with Gasteiger partial charge < -0.3 is 10.1 Å². The fraction of sp³-hybridized carbons (Fsp3) is 0.667. The van der Waals surface area contributed by atoms with Crippen molar-refractivity contribution in [3.8, 4) is 0 Å². The van der Waals surface area contributed by atoms with Crippen molar-refractivity contribution in [2.24, 2.45) is 5.92 Å². The number of amides is 2. The van der Waals surface area contributed by atoms with Gasteiger partial charge in [-0.2, -0.15) is 0 Å². The molecule has 30 heavy (non-hydrogen) atoms. The van der Waals surface area contributed by atoms with E-state index in [2.05, 4.69) is 41.4 Å². The second kappa shape index (κ2) is 9.82. The second-order valence-electron chi connectivity index (χ2n) is 9.82. The highest BCUT2D eigenvalue weighted by molar-refractivity contribution is 5.86. The van der Waals surface area contributed by atoms with Crippen molar-refractivity contribution in [1.82, 2.24) is 15.1 Å². The van der Waals surface area contributed by atoms with E-state index in [1.165, 1.54) is 31.5 Å². The van der Waals surface area contributed by atoms with Gasteiger partial charge in [0.05, 0.1) is 0 Å². The molecule has 1 N–H and O–H groups in total. The second-order valence-corrected chi connectivity index (χ2v) is 9.82. The van der Waals surface area contributed by atoms with E-state index >= 15 is 0 Å². The Morgan fingerprint density at radius 3 is 2.30 bits per heavy atom. The van der Waals surface area contributed by atoms with E-state index in [1.807, 2.05) is 20.8 Å². The Morgan fingerprint density at radius 2 is 1.67 bits per heavy atom. The quantitative estimate of drug-likeness (QED) is 0.791. The van der Waals surface area contributed by atoms with E-state index in [-0.39, 0.29) is 5.91 Å². The van der Waals surface area contributed by atoms with Crippen molar-refractivity contribution in [2.45, 2.75) is 78.1 Å². The van der Waals surface area contributed by atoms with Crippen LogP contribution in [0.25, 0.3) is 0 Å².